The van der Waals surface area contributed by atoms with Crippen molar-refractivity contribution in [2.24, 2.45) is 0 Å². The lowest BCUT2D eigenvalue weighted by Gasteiger charge is -2.12. The summed E-state index contributed by atoms with van der Waals surface area (Å²) in [6.07, 6.45) is 0.114. The molecule has 0 aliphatic heterocycles. The van der Waals surface area contributed by atoms with Crippen LogP contribution in [0.4, 0.5) is 0 Å². The SMILES string of the molecule is CC(C)NC(=O)c1cccc(OC(C)C)c1.[HH]. The van der Waals surface area contributed by atoms with E-state index in [9.17, 15) is 4.79 Å². The molecule has 0 unspecified atom stereocenters. The van der Waals surface area contributed by atoms with Gasteiger partial charge in [0.25, 0.3) is 5.91 Å². The maximum absolute atomic E-state index is 11.7. The Morgan fingerprint density at radius 3 is 2.56 bits per heavy atom. The fourth-order valence-electron chi connectivity index (χ4n) is 1.33. The minimum atomic E-state index is -0.0655. The van der Waals surface area contributed by atoms with Crippen LogP contribution in [0.3, 0.4) is 0 Å². The summed E-state index contributed by atoms with van der Waals surface area (Å²) in [4.78, 5) is 11.7. The maximum Gasteiger partial charge on any atom is 0.251 e. The van der Waals surface area contributed by atoms with Crippen LogP contribution in [0.1, 0.15) is 39.5 Å². The molecule has 0 fully saturated rings. The predicted molar refractivity (Wildman–Crippen MR) is 66.9 cm³/mol. The first-order valence-corrected chi connectivity index (χ1v) is 5.56. The van der Waals surface area contributed by atoms with Gasteiger partial charge in [-0.3, -0.25) is 4.79 Å². The summed E-state index contributed by atoms with van der Waals surface area (Å²) in [6, 6.07) is 7.36. The number of ether oxygens (including phenoxy) is 1. The van der Waals surface area contributed by atoms with E-state index in [1.807, 2.05) is 39.8 Å². The summed E-state index contributed by atoms with van der Waals surface area (Å²) in [5.74, 6) is 0.663. The lowest BCUT2D eigenvalue weighted by molar-refractivity contribution is 0.0942. The van der Waals surface area contributed by atoms with E-state index in [-0.39, 0.29) is 19.5 Å². The van der Waals surface area contributed by atoms with E-state index in [2.05, 4.69) is 5.32 Å². The van der Waals surface area contributed by atoms with Gasteiger partial charge in [-0.05, 0) is 45.9 Å². The molecule has 0 spiro atoms. The second-order valence-corrected chi connectivity index (χ2v) is 4.32. The van der Waals surface area contributed by atoms with Crippen molar-refractivity contribution in [2.75, 3.05) is 0 Å². The highest BCUT2D eigenvalue weighted by atomic mass is 16.5. The second-order valence-electron chi connectivity index (χ2n) is 4.32. The predicted octanol–water partition coefficient (Wildman–Crippen LogP) is 2.86. The molecule has 0 saturated heterocycles. The van der Waals surface area contributed by atoms with Crippen molar-refractivity contribution in [3.8, 4) is 5.75 Å². The Labute approximate surface area is 98.3 Å². The third-order valence-electron chi connectivity index (χ3n) is 1.89. The van der Waals surface area contributed by atoms with Crippen LogP contribution in [-0.2, 0) is 0 Å². The van der Waals surface area contributed by atoms with Crippen LogP contribution >= 0.6 is 0 Å². The van der Waals surface area contributed by atoms with Gasteiger partial charge in [-0.15, -0.1) is 0 Å². The van der Waals surface area contributed by atoms with Crippen molar-refractivity contribution in [1.82, 2.24) is 5.32 Å². The Hall–Kier alpha value is -1.51. The summed E-state index contributed by atoms with van der Waals surface area (Å²) in [5.41, 5.74) is 0.631. The number of nitrogens with one attached hydrogen (secondary N) is 1. The van der Waals surface area contributed by atoms with Gasteiger partial charge < -0.3 is 10.1 Å². The topological polar surface area (TPSA) is 38.3 Å². The molecule has 3 nitrogen and oxygen atoms in total. The molecule has 0 aliphatic rings. The summed E-state index contributed by atoms with van der Waals surface area (Å²) >= 11 is 0. The molecule has 0 atom stereocenters. The van der Waals surface area contributed by atoms with Gasteiger partial charge in [-0.1, -0.05) is 6.07 Å². The maximum atomic E-state index is 11.7. The number of rotatable bonds is 4. The van der Waals surface area contributed by atoms with E-state index in [1.54, 1.807) is 12.1 Å². The molecule has 3 heteroatoms. The molecule has 16 heavy (non-hydrogen) atoms. The number of amides is 1. The monoisotopic (exact) mass is 223 g/mol. The first kappa shape index (κ1) is 12.6. The summed E-state index contributed by atoms with van der Waals surface area (Å²) in [7, 11) is 0. The van der Waals surface area contributed by atoms with E-state index in [0.717, 1.165) is 5.75 Å². The fourth-order valence-corrected chi connectivity index (χ4v) is 1.33. The van der Waals surface area contributed by atoms with Crippen LogP contribution < -0.4 is 10.1 Å². The number of carbonyl (C=O) groups excluding carboxylic acids is 1. The fraction of sp³-hybridized carbons (Fsp3) is 0.462. The standard InChI is InChI=1S/C13H19NO2.H2/c1-9(2)14-13(15)11-6-5-7-12(8-11)16-10(3)4;/h5-10H,1-4H3,(H,14,15);1H. The normalized spacial score (nSPS) is 10.6. The third kappa shape index (κ3) is 3.93. The van der Waals surface area contributed by atoms with Gasteiger partial charge >= 0.3 is 0 Å². The molecule has 1 amide bonds. The van der Waals surface area contributed by atoms with Crippen molar-refractivity contribution < 1.29 is 11.0 Å². The highest BCUT2D eigenvalue weighted by molar-refractivity contribution is 5.94. The molecule has 1 aromatic rings. The summed E-state index contributed by atoms with van der Waals surface area (Å²) < 4.78 is 5.53. The van der Waals surface area contributed by atoms with Crippen LogP contribution in [0, 0.1) is 0 Å². The lowest BCUT2D eigenvalue weighted by atomic mass is 10.2. The van der Waals surface area contributed by atoms with Crippen molar-refractivity contribution >= 4 is 5.91 Å². The van der Waals surface area contributed by atoms with Gasteiger partial charge in [0.05, 0.1) is 6.10 Å². The summed E-state index contributed by atoms with van der Waals surface area (Å²) in [5, 5.41) is 2.85. The van der Waals surface area contributed by atoms with Gasteiger partial charge in [0, 0.05) is 13.0 Å². The Morgan fingerprint density at radius 2 is 2.00 bits per heavy atom. The number of carbonyl (C=O) groups is 1. The number of hydrogen-bond donors (Lipinski definition) is 1. The van der Waals surface area contributed by atoms with Crippen LogP contribution in [0.25, 0.3) is 0 Å². The Morgan fingerprint density at radius 1 is 1.31 bits per heavy atom. The van der Waals surface area contributed by atoms with E-state index in [4.69, 9.17) is 4.74 Å². The zero-order valence-electron chi connectivity index (χ0n) is 10.3. The second kappa shape index (κ2) is 5.54. The largest absolute Gasteiger partial charge is 0.491 e. The third-order valence-corrected chi connectivity index (χ3v) is 1.89. The molecule has 0 aromatic heterocycles. The molecule has 0 heterocycles. The number of benzene rings is 1. The van der Waals surface area contributed by atoms with Crippen LogP contribution in [0.15, 0.2) is 24.3 Å². The zero-order chi connectivity index (χ0) is 12.1. The smallest absolute Gasteiger partial charge is 0.251 e. The van der Waals surface area contributed by atoms with E-state index in [1.165, 1.54) is 0 Å². The van der Waals surface area contributed by atoms with Crippen LogP contribution in [-0.4, -0.2) is 18.1 Å². The first-order valence-electron chi connectivity index (χ1n) is 5.56. The van der Waals surface area contributed by atoms with Crippen molar-refractivity contribution in [1.29, 1.82) is 0 Å². The van der Waals surface area contributed by atoms with Crippen molar-refractivity contribution in [3.05, 3.63) is 29.8 Å². The highest BCUT2D eigenvalue weighted by Crippen LogP contribution is 2.14. The molecule has 1 aromatic carbocycles. The molecule has 0 aliphatic carbocycles. The van der Waals surface area contributed by atoms with E-state index >= 15 is 0 Å². The molecule has 1 rings (SSSR count). The molecule has 1 N–H and O–H groups in total. The minimum Gasteiger partial charge on any atom is -0.491 e. The van der Waals surface area contributed by atoms with Crippen molar-refractivity contribution in [3.63, 3.8) is 0 Å². The van der Waals surface area contributed by atoms with Gasteiger partial charge in [0.2, 0.25) is 0 Å². The first-order chi connectivity index (χ1) is 7.49. The van der Waals surface area contributed by atoms with Gasteiger partial charge in [-0.2, -0.15) is 0 Å². The quantitative estimate of drug-likeness (QED) is 0.852. The Balaban J connectivity index is 0.00000256. The van der Waals surface area contributed by atoms with E-state index < -0.39 is 0 Å². The Kier molecular flexibility index (Phi) is 4.35. The molecular formula is C13H21NO2. The van der Waals surface area contributed by atoms with Gasteiger partial charge in [0.15, 0.2) is 0 Å². The molecular weight excluding hydrogens is 202 g/mol. The molecule has 0 bridgehead atoms. The van der Waals surface area contributed by atoms with Crippen LogP contribution in [0.2, 0.25) is 0 Å². The average Bonchev–Trinajstić information content (AvgIpc) is 2.16. The van der Waals surface area contributed by atoms with Crippen LogP contribution in [0.5, 0.6) is 5.75 Å². The molecule has 90 valence electrons. The average molecular weight is 223 g/mol. The summed E-state index contributed by atoms with van der Waals surface area (Å²) in [6.45, 7) is 7.79. The van der Waals surface area contributed by atoms with Gasteiger partial charge in [0.1, 0.15) is 5.75 Å². The zero-order valence-corrected chi connectivity index (χ0v) is 10.3. The Bertz CT molecular complexity index is 364. The molecule has 0 saturated carbocycles. The lowest BCUT2D eigenvalue weighted by Crippen LogP contribution is -2.30. The highest BCUT2D eigenvalue weighted by Gasteiger charge is 2.08. The van der Waals surface area contributed by atoms with Gasteiger partial charge in [-0.25, -0.2) is 0 Å². The number of hydrogen-bond acceptors (Lipinski definition) is 2. The minimum absolute atomic E-state index is 0. The van der Waals surface area contributed by atoms with E-state index in [0.29, 0.717) is 5.56 Å². The van der Waals surface area contributed by atoms with Crippen molar-refractivity contribution in [2.45, 2.75) is 39.8 Å². The molecule has 0 radical (unpaired) electrons.